The van der Waals surface area contributed by atoms with Gasteiger partial charge in [0.15, 0.2) is 0 Å². The average molecular weight is 260 g/mol. The molecule has 1 aliphatic rings. The molecule has 2 N–H and O–H groups in total. The average Bonchev–Trinajstić information content (AvgIpc) is 2.35. The maximum atomic E-state index is 11.7. The molecule has 1 aromatic carbocycles. The van der Waals surface area contributed by atoms with E-state index in [9.17, 15) is 4.79 Å². The van der Waals surface area contributed by atoms with Crippen LogP contribution in [0.25, 0.3) is 0 Å². The van der Waals surface area contributed by atoms with Crippen LogP contribution < -0.4 is 10.6 Å². The molecule has 1 amide bonds. The minimum absolute atomic E-state index is 0.105. The molecule has 0 radical (unpaired) electrons. The van der Waals surface area contributed by atoms with Gasteiger partial charge in [0.25, 0.3) is 0 Å². The number of hydrogen-bond acceptors (Lipinski definition) is 2. The first-order valence-electron chi connectivity index (χ1n) is 7.28. The zero-order valence-electron chi connectivity index (χ0n) is 11.9. The Morgan fingerprint density at radius 2 is 2.21 bits per heavy atom. The fraction of sp³-hybridized carbons (Fsp3) is 0.562. The number of amides is 1. The summed E-state index contributed by atoms with van der Waals surface area (Å²) in [7, 11) is 0. The molecule has 0 saturated heterocycles. The first-order chi connectivity index (χ1) is 9.20. The molecule has 3 heteroatoms. The van der Waals surface area contributed by atoms with Crippen molar-refractivity contribution in [2.24, 2.45) is 0 Å². The van der Waals surface area contributed by atoms with Crippen LogP contribution in [-0.4, -0.2) is 25.0 Å². The van der Waals surface area contributed by atoms with E-state index in [1.54, 1.807) is 0 Å². The molecule has 0 bridgehead atoms. The summed E-state index contributed by atoms with van der Waals surface area (Å²) in [5.74, 6) is 0.686. The normalized spacial score (nSPS) is 18.3. The third-order valence-corrected chi connectivity index (χ3v) is 3.77. The van der Waals surface area contributed by atoms with Gasteiger partial charge < -0.3 is 10.6 Å². The van der Waals surface area contributed by atoms with Crippen molar-refractivity contribution in [2.75, 3.05) is 13.1 Å². The van der Waals surface area contributed by atoms with Crippen molar-refractivity contribution < 1.29 is 4.79 Å². The lowest BCUT2D eigenvalue weighted by Crippen LogP contribution is -2.40. The highest BCUT2D eigenvalue weighted by molar-refractivity contribution is 5.78. The Morgan fingerprint density at radius 1 is 1.42 bits per heavy atom. The Kier molecular flexibility index (Phi) is 4.97. The molecule has 0 saturated carbocycles. The third kappa shape index (κ3) is 3.80. The van der Waals surface area contributed by atoms with Crippen LogP contribution in [0.1, 0.15) is 43.7 Å². The van der Waals surface area contributed by atoms with Crippen LogP contribution in [0.3, 0.4) is 0 Å². The van der Waals surface area contributed by atoms with Crippen molar-refractivity contribution >= 4 is 5.91 Å². The van der Waals surface area contributed by atoms with Crippen LogP contribution in [-0.2, 0) is 11.2 Å². The highest BCUT2D eigenvalue weighted by atomic mass is 16.1. The predicted molar refractivity (Wildman–Crippen MR) is 78.3 cm³/mol. The lowest BCUT2D eigenvalue weighted by Gasteiger charge is -2.30. The van der Waals surface area contributed by atoms with Gasteiger partial charge in [-0.1, -0.05) is 37.6 Å². The standard InChI is InChI=1S/C16H24N2O/c1-3-6-12(2)18-16(19)11-17-10-14-9-13-7-4-5-8-15(13)14/h4-5,7-8,12,14,17H,3,6,9-11H2,1-2H3,(H,18,19). The van der Waals surface area contributed by atoms with Crippen LogP contribution in [0.5, 0.6) is 0 Å². The molecule has 19 heavy (non-hydrogen) atoms. The first kappa shape index (κ1) is 14.1. The summed E-state index contributed by atoms with van der Waals surface area (Å²) in [6.45, 7) is 5.51. The largest absolute Gasteiger partial charge is 0.353 e. The van der Waals surface area contributed by atoms with E-state index in [0.717, 1.165) is 25.8 Å². The molecular formula is C16H24N2O. The van der Waals surface area contributed by atoms with Gasteiger partial charge in [0.2, 0.25) is 5.91 Å². The number of benzene rings is 1. The summed E-state index contributed by atoms with van der Waals surface area (Å²) in [5.41, 5.74) is 2.89. The quantitative estimate of drug-likeness (QED) is 0.789. The fourth-order valence-corrected chi connectivity index (χ4v) is 2.74. The number of carbonyl (C=O) groups excluding carboxylic acids is 1. The molecule has 104 valence electrons. The van der Waals surface area contributed by atoms with Gasteiger partial charge in [0.05, 0.1) is 6.54 Å². The Bertz CT molecular complexity index is 431. The number of rotatable bonds is 7. The van der Waals surface area contributed by atoms with Crippen LogP contribution in [0.15, 0.2) is 24.3 Å². The van der Waals surface area contributed by atoms with Gasteiger partial charge in [-0.2, -0.15) is 0 Å². The Morgan fingerprint density at radius 3 is 2.95 bits per heavy atom. The van der Waals surface area contributed by atoms with Gasteiger partial charge in [-0.25, -0.2) is 0 Å². The summed E-state index contributed by atoms with van der Waals surface area (Å²) in [4.78, 5) is 11.7. The van der Waals surface area contributed by atoms with Crippen molar-refractivity contribution in [2.45, 2.75) is 45.1 Å². The molecular weight excluding hydrogens is 236 g/mol. The zero-order chi connectivity index (χ0) is 13.7. The summed E-state index contributed by atoms with van der Waals surface area (Å²) in [5, 5.41) is 6.27. The highest BCUT2D eigenvalue weighted by Gasteiger charge is 2.24. The number of nitrogens with one attached hydrogen (secondary N) is 2. The van der Waals surface area contributed by atoms with Gasteiger partial charge in [0.1, 0.15) is 0 Å². The van der Waals surface area contributed by atoms with E-state index in [4.69, 9.17) is 0 Å². The van der Waals surface area contributed by atoms with Crippen LogP contribution in [0, 0.1) is 0 Å². The third-order valence-electron chi connectivity index (χ3n) is 3.77. The van der Waals surface area contributed by atoms with Gasteiger partial charge >= 0.3 is 0 Å². The molecule has 0 heterocycles. The Hall–Kier alpha value is -1.35. The van der Waals surface area contributed by atoms with Gasteiger partial charge in [-0.3, -0.25) is 4.79 Å². The van der Waals surface area contributed by atoms with Crippen molar-refractivity contribution in [1.82, 2.24) is 10.6 Å². The van der Waals surface area contributed by atoms with Gasteiger partial charge in [-0.05, 0) is 30.9 Å². The summed E-state index contributed by atoms with van der Waals surface area (Å²) >= 11 is 0. The number of fused-ring (bicyclic) bond motifs is 1. The molecule has 2 unspecified atom stereocenters. The fourth-order valence-electron chi connectivity index (χ4n) is 2.74. The maximum absolute atomic E-state index is 11.7. The van der Waals surface area contributed by atoms with E-state index in [0.29, 0.717) is 12.5 Å². The van der Waals surface area contributed by atoms with Crippen LogP contribution >= 0.6 is 0 Å². The number of carbonyl (C=O) groups is 1. The van der Waals surface area contributed by atoms with E-state index in [1.165, 1.54) is 11.1 Å². The lowest BCUT2D eigenvalue weighted by molar-refractivity contribution is -0.120. The summed E-state index contributed by atoms with van der Waals surface area (Å²) < 4.78 is 0. The number of hydrogen-bond donors (Lipinski definition) is 2. The zero-order valence-corrected chi connectivity index (χ0v) is 11.9. The highest BCUT2D eigenvalue weighted by Crippen LogP contribution is 2.33. The second-order valence-corrected chi connectivity index (χ2v) is 5.49. The molecule has 0 aromatic heterocycles. The molecule has 1 aromatic rings. The van der Waals surface area contributed by atoms with E-state index >= 15 is 0 Å². The van der Waals surface area contributed by atoms with Crippen molar-refractivity contribution in [3.05, 3.63) is 35.4 Å². The predicted octanol–water partition coefficient (Wildman–Crippen LogP) is 2.22. The second kappa shape index (κ2) is 6.71. The van der Waals surface area contributed by atoms with E-state index in [1.807, 2.05) is 0 Å². The SMILES string of the molecule is CCCC(C)NC(=O)CNCC1Cc2ccccc21. The first-order valence-corrected chi connectivity index (χ1v) is 7.28. The van der Waals surface area contributed by atoms with E-state index < -0.39 is 0 Å². The van der Waals surface area contributed by atoms with Crippen molar-refractivity contribution in [3.63, 3.8) is 0 Å². The van der Waals surface area contributed by atoms with Crippen molar-refractivity contribution in [1.29, 1.82) is 0 Å². The molecule has 2 atom stereocenters. The Labute approximate surface area is 115 Å². The van der Waals surface area contributed by atoms with Gasteiger partial charge in [-0.15, -0.1) is 0 Å². The Balaban J connectivity index is 1.64. The van der Waals surface area contributed by atoms with Crippen LogP contribution in [0.4, 0.5) is 0 Å². The lowest BCUT2D eigenvalue weighted by atomic mass is 9.77. The topological polar surface area (TPSA) is 41.1 Å². The monoisotopic (exact) mass is 260 g/mol. The molecule has 0 fully saturated rings. The summed E-state index contributed by atoms with van der Waals surface area (Å²) in [6.07, 6.45) is 3.28. The van der Waals surface area contributed by atoms with E-state index in [2.05, 4.69) is 48.7 Å². The van der Waals surface area contributed by atoms with Crippen LogP contribution in [0.2, 0.25) is 0 Å². The van der Waals surface area contributed by atoms with Gasteiger partial charge in [0, 0.05) is 18.5 Å². The van der Waals surface area contributed by atoms with E-state index in [-0.39, 0.29) is 11.9 Å². The molecule has 2 rings (SSSR count). The molecule has 0 aliphatic heterocycles. The maximum Gasteiger partial charge on any atom is 0.234 e. The minimum Gasteiger partial charge on any atom is -0.353 e. The molecule has 3 nitrogen and oxygen atoms in total. The minimum atomic E-state index is 0.105. The second-order valence-electron chi connectivity index (χ2n) is 5.49. The smallest absolute Gasteiger partial charge is 0.234 e. The summed E-state index contributed by atoms with van der Waals surface area (Å²) in [6, 6.07) is 8.83. The molecule has 0 spiro atoms. The molecule has 1 aliphatic carbocycles. The van der Waals surface area contributed by atoms with Crippen molar-refractivity contribution in [3.8, 4) is 0 Å².